The second kappa shape index (κ2) is 17.3. The minimum absolute atomic E-state index is 0. The molecule has 0 spiro atoms. The predicted molar refractivity (Wildman–Crippen MR) is 48.9 cm³/mol. The van der Waals surface area contributed by atoms with Gasteiger partial charge < -0.3 is 26.9 Å². The van der Waals surface area contributed by atoms with Gasteiger partial charge in [0.1, 0.15) is 0 Å². The molecule has 0 aliphatic heterocycles. The Bertz CT molecular complexity index is 84.6. The first-order valence-corrected chi connectivity index (χ1v) is 3.28. The van der Waals surface area contributed by atoms with E-state index in [4.69, 9.17) is 5.11 Å². The van der Waals surface area contributed by atoms with Crippen molar-refractivity contribution in [1.29, 1.82) is 0 Å². The van der Waals surface area contributed by atoms with Crippen molar-refractivity contribution in [2.75, 3.05) is 0 Å². The molecular weight excluding hydrogens is 247 g/mol. The quantitative estimate of drug-likeness (QED) is 0.471. The fourth-order valence-corrected chi connectivity index (χ4v) is 0.630. The molecule has 12 heavy (non-hydrogen) atoms. The van der Waals surface area contributed by atoms with Crippen LogP contribution < -0.4 is 0 Å². The van der Waals surface area contributed by atoms with Gasteiger partial charge in [0.15, 0.2) is 0 Å². The molecule has 3 heteroatoms. The van der Waals surface area contributed by atoms with E-state index in [0.717, 1.165) is 25.7 Å². The number of unbranched alkanes of at least 4 members (excludes halogenated alkanes) is 3. The maximum absolute atomic E-state index is 9.95. The molecule has 0 aromatic carbocycles. The number of rotatable bonds is 5. The monoisotopic (exact) mass is 265 g/mol. The SMILES string of the molecule is [CH2-]CCCCCC(=O)O.[CH3-].[CH3-].[Pd]. The molecule has 0 aromatic rings. The summed E-state index contributed by atoms with van der Waals surface area (Å²) >= 11 is 0. The van der Waals surface area contributed by atoms with Gasteiger partial charge in [-0.2, -0.15) is 6.42 Å². The molecule has 0 fully saturated rings. The van der Waals surface area contributed by atoms with E-state index in [0.29, 0.717) is 6.42 Å². The Labute approximate surface area is 90.4 Å². The van der Waals surface area contributed by atoms with Gasteiger partial charge >= 0.3 is 5.97 Å². The number of carboxylic acids is 1. The number of aliphatic carboxylic acids is 1. The normalized spacial score (nSPS) is 7.08. The van der Waals surface area contributed by atoms with Gasteiger partial charge in [0.05, 0.1) is 0 Å². The Kier molecular flexibility index (Phi) is 32.7. The van der Waals surface area contributed by atoms with Crippen LogP contribution in [0.5, 0.6) is 0 Å². The maximum Gasteiger partial charge on any atom is 0.303 e. The minimum Gasteiger partial charge on any atom is -0.481 e. The average Bonchev–Trinajstić information content (AvgIpc) is 1.80. The fourth-order valence-electron chi connectivity index (χ4n) is 0.630. The third-order valence-electron chi connectivity index (χ3n) is 1.14. The van der Waals surface area contributed by atoms with Crippen LogP contribution >= 0.6 is 0 Å². The van der Waals surface area contributed by atoms with E-state index in [1.165, 1.54) is 0 Å². The van der Waals surface area contributed by atoms with Crippen molar-refractivity contribution in [2.45, 2.75) is 32.1 Å². The van der Waals surface area contributed by atoms with E-state index >= 15 is 0 Å². The first kappa shape index (κ1) is 22.7. The van der Waals surface area contributed by atoms with Crippen molar-refractivity contribution >= 4 is 5.97 Å². The first-order chi connectivity index (χ1) is 4.27. The van der Waals surface area contributed by atoms with Gasteiger partial charge in [-0.15, -0.1) is 0 Å². The first-order valence-electron chi connectivity index (χ1n) is 3.28. The van der Waals surface area contributed by atoms with Crippen LogP contribution in [0.4, 0.5) is 0 Å². The molecule has 0 aromatic heterocycles. The topological polar surface area (TPSA) is 37.3 Å². The van der Waals surface area contributed by atoms with Crippen molar-refractivity contribution in [3.05, 3.63) is 21.8 Å². The Balaban J connectivity index is -0.000000107. The van der Waals surface area contributed by atoms with Gasteiger partial charge in [0.25, 0.3) is 0 Å². The van der Waals surface area contributed by atoms with Crippen LogP contribution in [-0.4, -0.2) is 11.1 Å². The zero-order valence-electron chi connectivity index (χ0n) is 7.91. The smallest absolute Gasteiger partial charge is 0.303 e. The molecule has 2 nitrogen and oxygen atoms in total. The summed E-state index contributed by atoms with van der Waals surface area (Å²) in [6, 6.07) is 0. The van der Waals surface area contributed by atoms with Gasteiger partial charge in [-0.3, -0.25) is 4.79 Å². The van der Waals surface area contributed by atoms with Crippen LogP contribution in [0.25, 0.3) is 0 Å². The largest absolute Gasteiger partial charge is 0.481 e. The van der Waals surface area contributed by atoms with Crippen molar-refractivity contribution < 1.29 is 30.3 Å². The van der Waals surface area contributed by atoms with Crippen LogP contribution in [0, 0.1) is 21.8 Å². The van der Waals surface area contributed by atoms with Gasteiger partial charge in [-0.1, -0.05) is 12.8 Å². The van der Waals surface area contributed by atoms with E-state index < -0.39 is 5.97 Å². The molecule has 0 aliphatic rings. The van der Waals surface area contributed by atoms with E-state index in [-0.39, 0.29) is 35.3 Å². The molecule has 0 amide bonds. The fraction of sp³-hybridized carbons (Fsp3) is 0.556. The molecule has 0 rings (SSSR count). The predicted octanol–water partition coefficient (Wildman–Crippen LogP) is 2.75. The van der Waals surface area contributed by atoms with Crippen LogP contribution in [0.3, 0.4) is 0 Å². The third kappa shape index (κ3) is 22.5. The molecule has 0 bridgehead atoms. The van der Waals surface area contributed by atoms with Gasteiger partial charge in [-0.05, 0) is 6.42 Å². The van der Waals surface area contributed by atoms with Gasteiger partial charge in [0, 0.05) is 26.8 Å². The van der Waals surface area contributed by atoms with Crippen molar-refractivity contribution in [1.82, 2.24) is 0 Å². The Hall–Kier alpha value is 0.132. The maximum atomic E-state index is 9.95. The number of carbonyl (C=O) groups is 1. The second-order valence-corrected chi connectivity index (χ2v) is 2.06. The standard InChI is InChI=1S/C7H13O2.2CH3.Pd/c1-2-3-4-5-6-7(8)9;;;/h1-6H2,(H,8,9);2*1H3;/q3*-1;. The van der Waals surface area contributed by atoms with Crippen molar-refractivity contribution in [2.24, 2.45) is 0 Å². The summed E-state index contributed by atoms with van der Waals surface area (Å²) < 4.78 is 0. The molecule has 80 valence electrons. The summed E-state index contributed by atoms with van der Waals surface area (Å²) in [5, 5.41) is 8.20. The molecule has 0 radical (unpaired) electrons. The van der Waals surface area contributed by atoms with Crippen molar-refractivity contribution in [3.63, 3.8) is 0 Å². The summed E-state index contributed by atoms with van der Waals surface area (Å²) in [5.41, 5.74) is 0. The van der Waals surface area contributed by atoms with Gasteiger partial charge in [0.2, 0.25) is 0 Å². The summed E-state index contributed by atoms with van der Waals surface area (Å²) in [6.45, 7) is 3.65. The molecule has 0 aliphatic carbocycles. The molecular formula is C9H19O2Pd-3. The van der Waals surface area contributed by atoms with Crippen LogP contribution in [0.2, 0.25) is 0 Å². The van der Waals surface area contributed by atoms with Crippen LogP contribution in [-0.2, 0) is 25.2 Å². The Morgan fingerprint density at radius 3 is 2.00 bits per heavy atom. The number of hydrogen-bond donors (Lipinski definition) is 1. The Morgan fingerprint density at radius 2 is 1.67 bits per heavy atom. The molecule has 0 saturated carbocycles. The molecule has 0 unspecified atom stereocenters. The molecule has 0 atom stereocenters. The van der Waals surface area contributed by atoms with E-state index in [1.807, 2.05) is 0 Å². The minimum atomic E-state index is -0.695. The zero-order chi connectivity index (χ0) is 7.11. The van der Waals surface area contributed by atoms with Crippen LogP contribution in [0.1, 0.15) is 32.1 Å². The average molecular weight is 266 g/mol. The summed E-state index contributed by atoms with van der Waals surface area (Å²) in [4.78, 5) is 9.95. The zero-order valence-corrected chi connectivity index (χ0v) is 9.47. The number of carboxylic acid groups (broad SMARTS) is 1. The molecule has 0 heterocycles. The molecule has 1 N–H and O–H groups in total. The summed E-state index contributed by atoms with van der Waals surface area (Å²) in [7, 11) is 0. The van der Waals surface area contributed by atoms with Crippen LogP contribution in [0.15, 0.2) is 0 Å². The molecule has 0 saturated heterocycles. The van der Waals surface area contributed by atoms with E-state index in [2.05, 4.69) is 6.92 Å². The number of hydrogen-bond acceptors (Lipinski definition) is 1. The Morgan fingerprint density at radius 1 is 1.17 bits per heavy atom. The van der Waals surface area contributed by atoms with E-state index in [1.54, 1.807) is 0 Å². The summed E-state index contributed by atoms with van der Waals surface area (Å²) in [5.74, 6) is -0.695. The van der Waals surface area contributed by atoms with E-state index in [9.17, 15) is 4.79 Å². The second-order valence-electron chi connectivity index (χ2n) is 2.06. The summed E-state index contributed by atoms with van der Waals surface area (Å²) in [6.07, 6.45) is 4.06. The van der Waals surface area contributed by atoms with Gasteiger partial charge in [-0.25, -0.2) is 0 Å². The third-order valence-corrected chi connectivity index (χ3v) is 1.14. The van der Waals surface area contributed by atoms with Crippen molar-refractivity contribution in [3.8, 4) is 0 Å².